The second kappa shape index (κ2) is 5.86. The number of rotatable bonds is 4. The molecule has 2 nitrogen and oxygen atoms in total. The van der Waals surface area contributed by atoms with Crippen molar-refractivity contribution in [3.63, 3.8) is 0 Å². The van der Waals surface area contributed by atoms with E-state index in [2.05, 4.69) is 33.0 Å². The zero-order valence-electron chi connectivity index (χ0n) is 10.7. The Balaban J connectivity index is 2.26. The third-order valence-electron chi connectivity index (χ3n) is 3.56. The zero-order chi connectivity index (χ0) is 11.4. The van der Waals surface area contributed by atoms with Gasteiger partial charge in [0.1, 0.15) is 0 Å². The van der Waals surface area contributed by atoms with Crippen molar-refractivity contribution in [1.29, 1.82) is 0 Å². The van der Waals surface area contributed by atoms with Crippen molar-refractivity contribution >= 4 is 0 Å². The van der Waals surface area contributed by atoms with Gasteiger partial charge in [0.05, 0.1) is 6.10 Å². The highest BCUT2D eigenvalue weighted by atomic mass is 16.3. The highest BCUT2D eigenvalue weighted by Gasteiger charge is 2.24. The van der Waals surface area contributed by atoms with Crippen LogP contribution in [0.1, 0.15) is 47.0 Å². The van der Waals surface area contributed by atoms with E-state index in [9.17, 15) is 5.11 Å². The van der Waals surface area contributed by atoms with Crippen molar-refractivity contribution in [2.75, 3.05) is 6.54 Å². The van der Waals surface area contributed by atoms with Gasteiger partial charge in [0, 0.05) is 12.6 Å². The minimum absolute atomic E-state index is 0.197. The average Bonchev–Trinajstić information content (AvgIpc) is 2.12. The Morgan fingerprint density at radius 3 is 2.13 bits per heavy atom. The second-order valence-electron chi connectivity index (χ2n) is 5.83. The van der Waals surface area contributed by atoms with E-state index >= 15 is 0 Å². The second-order valence-corrected chi connectivity index (χ2v) is 5.83. The molecule has 0 saturated heterocycles. The highest BCUT2D eigenvalue weighted by Crippen LogP contribution is 2.28. The molecule has 0 aromatic carbocycles. The first kappa shape index (κ1) is 13.0. The van der Waals surface area contributed by atoms with Crippen molar-refractivity contribution < 1.29 is 5.11 Å². The van der Waals surface area contributed by atoms with Crippen LogP contribution in [0.25, 0.3) is 0 Å². The first-order chi connectivity index (χ1) is 6.99. The van der Waals surface area contributed by atoms with Crippen LogP contribution in [0.2, 0.25) is 0 Å². The lowest BCUT2D eigenvalue weighted by molar-refractivity contribution is 0.112. The van der Waals surface area contributed by atoms with Crippen LogP contribution in [-0.4, -0.2) is 23.8 Å². The lowest BCUT2D eigenvalue weighted by Gasteiger charge is -2.33. The Labute approximate surface area is 94.5 Å². The SMILES string of the molecule is CC1CC(C)CC(NCC(O)C(C)C)C1. The molecule has 0 aromatic rings. The summed E-state index contributed by atoms with van der Waals surface area (Å²) in [5, 5.41) is 13.2. The monoisotopic (exact) mass is 213 g/mol. The first-order valence-electron chi connectivity index (χ1n) is 6.40. The van der Waals surface area contributed by atoms with E-state index in [1.165, 1.54) is 19.3 Å². The van der Waals surface area contributed by atoms with Crippen molar-refractivity contribution in [3.8, 4) is 0 Å². The molecule has 1 fully saturated rings. The van der Waals surface area contributed by atoms with E-state index in [1.54, 1.807) is 0 Å². The molecule has 0 spiro atoms. The summed E-state index contributed by atoms with van der Waals surface area (Å²) in [5.41, 5.74) is 0. The van der Waals surface area contributed by atoms with Crippen LogP contribution in [0, 0.1) is 17.8 Å². The van der Waals surface area contributed by atoms with Gasteiger partial charge < -0.3 is 10.4 Å². The van der Waals surface area contributed by atoms with Crippen LogP contribution < -0.4 is 5.32 Å². The van der Waals surface area contributed by atoms with Gasteiger partial charge in [-0.2, -0.15) is 0 Å². The van der Waals surface area contributed by atoms with Crippen molar-refractivity contribution in [2.45, 2.75) is 59.1 Å². The van der Waals surface area contributed by atoms with Crippen LogP contribution in [0.3, 0.4) is 0 Å². The lowest BCUT2D eigenvalue weighted by atomic mass is 9.80. The Bertz CT molecular complexity index is 171. The van der Waals surface area contributed by atoms with Gasteiger partial charge in [-0.05, 0) is 37.0 Å². The number of hydrogen-bond acceptors (Lipinski definition) is 2. The topological polar surface area (TPSA) is 32.3 Å². The maximum Gasteiger partial charge on any atom is 0.0687 e. The summed E-state index contributed by atoms with van der Waals surface area (Å²) in [4.78, 5) is 0. The fourth-order valence-electron chi connectivity index (χ4n) is 2.64. The summed E-state index contributed by atoms with van der Waals surface area (Å²) < 4.78 is 0. The standard InChI is InChI=1S/C13H27NO/c1-9(2)13(15)8-14-12-6-10(3)5-11(4)7-12/h9-15H,5-8H2,1-4H3. The molecule has 90 valence electrons. The lowest BCUT2D eigenvalue weighted by Crippen LogP contribution is -2.41. The quantitative estimate of drug-likeness (QED) is 0.751. The molecule has 1 rings (SSSR count). The zero-order valence-corrected chi connectivity index (χ0v) is 10.7. The van der Waals surface area contributed by atoms with E-state index in [1.807, 2.05) is 0 Å². The Hall–Kier alpha value is -0.0800. The molecule has 15 heavy (non-hydrogen) atoms. The average molecular weight is 213 g/mol. The third kappa shape index (κ3) is 4.52. The smallest absolute Gasteiger partial charge is 0.0687 e. The van der Waals surface area contributed by atoms with Gasteiger partial charge in [0.2, 0.25) is 0 Å². The number of hydrogen-bond donors (Lipinski definition) is 2. The van der Waals surface area contributed by atoms with Gasteiger partial charge in [-0.3, -0.25) is 0 Å². The van der Waals surface area contributed by atoms with Gasteiger partial charge in [-0.1, -0.05) is 27.7 Å². The normalized spacial score (nSPS) is 34.4. The molecule has 0 radical (unpaired) electrons. The molecule has 0 heterocycles. The Morgan fingerprint density at radius 2 is 1.67 bits per heavy atom. The van der Waals surface area contributed by atoms with Gasteiger partial charge in [0.15, 0.2) is 0 Å². The molecule has 0 aliphatic heterocycles. The van der Waals surface area contributed by atoms with E-state index in [4.69, 9.17) is 0 Å². The summed E-state index contributed by atoms with van der Waals surface area (Å²) in [6, 6.07) is 0.622. The molecular formula is C13H27NO. The Morgan fingerprint density at radius 1 is 1.13 bits per heavy atom. The predicted octanol–water partition coefficient (Wildman–Crippen LogP) is 2.42. The van der Waals surface area contributed by atoms with Crippen LogP contribution in [0.5, 0.6) is 0 Å². The molecule has 1 aliphatic rings. The molecule has 0 bridgehead atoms. The van der Waals surface area contributed by atoms with Crippen molar-refractivity contribution in [1.82, 2.24) is 5.32 Å². The predicted molar refractivity (Wildman–Crippen MR) is 64.8 cm³/mol. The van der Waals surface area contributed by atoms with E-state index < -0.39 is 0 Å². The van der Waals surface area contributed by atoms with Crippen molar-refractivity contribution in [2.24, 2.45) is 17.8 Å². The summed E-state index contributed by atoms with van der Waals surface area (Å²) in [6.07, 6.45) is 3.72. The third-order valence-corrected chi connectivity index (χ3v) is 3.56. The molecule has 2 N–H and O–H groups in total. The highest BCUT2D eigenvalue weighted by molar-refractivity contribution is 4.80. The van der Waals surface area contributed by atoms with Crippen molar-refractivity contribution in [3.05, 3.63) is 0 Å². The molecule has 0 amide bonds. The van der Waals surface area contributed by atoms with Crippen LogP contribution >= 0.6 is 0 Å². The van der Waals surface area contributed by atoms with Crippen LogP contribution in [0.15, 0.2) is 0 Å². The van der Waals surface area contributed by atoms with Gasteiger partial charge in [-0.25, -0.2) is 0 Å². The maximum atomic E-state index is 9.73. The van der Waals surface area contributed by atoms with Crippen LogP contribution in [-0.2, 0) is 0 Å². The summed E-state index contributed by atoms with van der Waals surface area (Å²) >= 11 is 0. The first-order valence-corrected chi connectivity index (χ1v) is 6.40. The maximum absolute atomic E-state index is 9.73. The fraction of sp³-hybridized carbons (Fsp3) is 1.00. The molecule has 3 atom stereocenters. The molecular weight excluding hydrogens is 186 g/mol. The van der Waals surface area contributed by atoms with Gasteiger partial charge in [-0.15, -0.1) is 0 Å². The van der Waals surface area contributed by atoms with E-state index in [0.717, 1.165) is 18.4 Å². The summed E-state index contributed by atoms with van der Waals surface area (Å²) in [7, 11) is 0. The minimum atomic E-state index is -0.197. The molecule has 3 unspecified atom stereocenters. The van der Waals surface area contributed by atoms with Gasteiger partial charge in [0.25, 0.3) is 0 Å². The van der Waals surface area contributed by atoms with Crippen LogP contribution in [0.4, 0.5) is 0 Å². The van der Waals surface area contributed by atoms with E-state index in [0.29, 0.717) is 12.0 Å². The summed E-state index contributed by atoms with van der Waals surface area (Å²) in [5.74, 6) is 2.03. The Kier molecular flexibility index (Phi) is 5.07. The molecule has 0 aromatic heterocycles. The summed E-state index contributed by atoms with van der Waals surface area (Å²) in [6.45, 7) is 9.56. The molecule has 1 saturated carbocycles. The molecule has 2 heteroatoms. The van der Waals surface area contributed by atoms with Gasteiger partial charge >= 0.3 is 0 Å². The number of nitrogens with one attached hydrogen (secondary N) is 1. The largest absolute Gasteiger partial charge is 0.392 e. The fourth-order valence-corrected chi connectivity index (χ4v) is 2.64. The minimum Gasteiger partial charge on any atom is -0.392 e. The number of aliphatic hydroxyl groups excluding tert-OH is 1. The molecule has 1 aliphatic carbocycles. The van der Waals surface area contributed by atoms with E-state index in [-0.39, 0.29) is 6.10 Å². The number of aliphatic hydroxyl groups is 1.